The summed E-state index contributed by atoms with van der Waals surface area (Å²) in [6.07, 6.45) is 7.60. The van der Waals surface area contributed by atoms with Crippen LogP contribution in [-0.2, 0) is 4.74 Å². The van der Waals surface area contributed by atoms with Crippen molar-refractivity contribution in [3.8, 4) is 6.01 Å². The average molecular weight is 677 g/mol. The van der Waals surface area contributed by atoms with Gasteiger partial charge in [0.15, 0.2) is 5.82 Å². The van der Waals surface area contributed by atoms with Crippen molar-refractivity contribution in [2.75, 3.05) is 51.8 Å². The minimum Gasteiger partial charge on any atom is -0.512 e. The maximum Gasteiger partial charge on any atom is 0.409 e. The van der Waals surface area contributed by atoms with Crippen molar-refractivity contribution in [3.05, 3.63) is 63.6 Å². The molecule has 12 heteroatoms. The van der Waals surface area contributed by atoms with E-state index >= 15 is 4.39 Å². The number of fused-ring (bicyclic) bond motifs is 5. The van der Waals surface area contributed by atoms with Crippen molar-refractivity contribution >= 4 is 40.5 Å². The Hall–Kier alpha value is -3.67. The molecular weight excluding hydrogens is 635 g/mol. The standard InChI is InChI=1S/C36H42ClFN6O4/c1-42(2)35(46)47-19-24-10-12-36(11-5-13-44(24)36)20-48-34-40-32-28(33(41-34)43-17-22-8-9-23(18-43)39-22)16-29(37)30(31(32)38)27-15-25(45)14-21-6-3-4-7-26(21)27/h3-4,6-7,14,16,22-24,27,39,45H,5,8-13,15,17-20H2,1-2H3/t22?,23?,24-,27?,36?/m0/s1. The average Bonchev–Trinajstić information content (AvgIpc) is 3.75. The first kappa shape index (κ1) is 31.6. The number of hydrogen-bond donors (Lipinski definition) is 2. The molecule has 1 aromatic heterocycles. The number of benzene rings is 2. The van der Waals surface area contributed by atoms with Crippen LogP contribution in [0.2, 0.25) is 5.02 Å². The number of aliphatic hydroxyl groups excluding tert-OH is 1. The van der Waals surface area contributed by atoms with Crippen LogP contribution in [0.4, 0.5) is 15.0 Å². The van der Waals surface area contributed by atoms with Gasteiger partial charge in [-0.1, -0.05) is 35.9 Å². The highest BCUT2D eigenvalue weighted by Crippen LogP contribution is 2.46. The first-order valence-corrected chi connectivity index (χ1v) is 17.5. The number of hydrogen-bond acceptors (Lipinski definition) is 9. The third kappa shape index (κ3) is 5.53. The van der Waals surface area contributed by atoms with Gasteiger partial charge in [-0.3, -0.25) is 4.90 Å². The number of piperazine rings is 1. The molecule has 4 fully saturated rings. The van der Waals surface area contributed by atoms with Crippen LogP contribution in [-0.4, -0.2) is 102 Å². The van der Waals surface area contributed by atoms with Gasteiger partial charge in [0.2, 0.25) is 0 Å². The van der Waals surface area contributed by atoms with Gasteiger partial charge in [0.05, 0.1) is 11.3 Å². The number of allylic oxidation sites excluding steroid dienone is 1. The van der Waals surface area contributed by atoms with Gasteiger partial charge in [-0.25, -0.2) is 9.18 Å². The molecule has 1 aliphatic carbocycles. The van der Waals surface area contributed by atoms with E-state index in [2.05, 4.69) is 15.1 Å². The van der Waals surface area contributed by atoms with E-state index in [0.717, 1.165) is 69.3 Å². The number of amides is 1. The SMILES string of the molecule is CN(C)C(=O)OC[C@@H]1CCC2(COc3nc(N4CC5CCC(C4)N5)c4cc(Cl)c(C5CC(O)=Cc6ccccc65)c(F)c4n3)CCCN12. The number of carbonyl (C=O) groups excluding carboxylic acids is 1. The zero-order valence-electron chi connectivity index (χ0n) is 27.4. The Kier molecular flexibility index (Phi) is 8.12. The lowest BCUT2D eigenvalue weighted by molar-refractivity contribution is 0.0484. The van der Waals surface area contributed by atoms with Crippen LogP contribution in [0.25, 0.3) is 17.0 Å². The second kappa shape index (κ2) is 12.3. The fourth-order valence-electron chi connectivity index (χ4n) is 8.83. The molecule has 5 atom stereocenters. The lowest BCUT2D eigenvalue weighted by atomic mass is 9.81. The third-order valence-electron chi connectivity index (χ3n) is 11.1. The van der Waals surface area contributed by atoms with E-state index in [4.69, 9.17) is 31.0 Å². The summed E-state index contributed by atoms with van der Waals surface area (Å²) in [5.41, 5.74) is 2.03. The molecule has 4 aliphatic heterocycles. The molecule has 5 aliphatic rings. The van der Waals surface area contributed by atoms with E-state index in [0.29, 0.717) is 47.1 Å². The largest absolute Gasteiger partial charge is 0.512 e. The zero-order chi connectivity index (χ0) is 33.2. The lowest BCUT2D eigenvalue weighted by Gasteiger charge is -2.35. The highest BCUT2D eigenvalue weighted by Gasteiger charge is 2.50. The second-order valence-corrected chi connectivity index (χ2v) is 14.8. The van der Waals surface area contributed by atoms with Gasteiger partial charge in [-0.05, 0) is 68.3 Å². The molecule has 48 heavy (non-hydrogen) atoms. The summed E-state index contributed by atoms with van der Waals surface area (Å²) in [5, 5.41) is 15.2. The van der Waals surface area contributed by atoms with Gasteiger partial charge < -0.3 is 29.7 Å². The lowest BCUT2D eigenvalue weighted by Crippen LogP contribution is -2.51. The molecule has 0 spiro atoms. The summed E-state index contributed by atoms with van der Waals surface area (Å²) in [5.74, 6) is -0.162. The molecular formula is C36H42ClFN6O4. The van der Waals surface area contributed by atoms with Crippen LogP contribution in [0.3, 0.4) is 0 Å². The Balaban J connectivity index is 1.15. The molecule has 2 N–H and O–H groups in total. The normalized spacial score (nSPS) is 27.9. The van der Waals surface area contributed by atoms with Crippen molar-refractivity contribution in [1.82, 2.24) is 25.1 Å². The summed E-state index contributed by atoms with van der Waals surface area (Å²) in [6.45, 7) is 3.11. The van der Waals surface area contributed by atoms with Gasteiger partial charge >= 0.3 is 12.1 Å². The van der Waals surface area contributed by atoms with E-state index in [1.165, 1.54) is 4.90 Å². The van der Waals surface area contributed by atoms with E-state index < -0.39 is 11.7 Å². The van der Waals surface area contributed by atoms with Crippen LogP contribution in [0.1, 0.15) is 67.6 Å². The Morgan fingerprint density at radius 1 is 1.17 bits per heavy atom. The smallest absolute Gasteiger partial charge is 0.409 e. The van der Waals surface area contributed by atoms with Crippen molar-refractivity contribution in [3.63, 3.8) is 0 Å². The molecule has 3 aromatic rings. The number of ether oxygens (including phenoxy) is 2. The number of halogens is 2. The first-order chi connectivity index (χ1) is 23.2. The Morgan fingerprint density at radius 3 is 2.75 bits per heavy atom. The molecule has 254 valence electrons. The summed E-state index contributed by atoms with van der Waals surface area (Å²) in [7, 11) is 3.37. The highest BCUT2D eigenvalue weighted by atomic mass is 35.5. The number of anilines is 1. The van der Waals surface area contributed by atoms with Crippen LogP contribution in [0.5, 0.6) is 6.01 Å². The quantitative estimate of drug-likeness (QED) is 0.318. The molecule has 4 saturated heterocycles. The summed E-state index contributed by atoms with van der Waals surface area (Å²) >= 11 is 6.96. The predicted octanol–water partition coefficient (Wildman–Crippen LogP) is 5.87. The molecule has 4 unspecified atom stereocenters. The summed E-state index contributed by atoms with van der Waals surface area (Å²) < 4.78 is 29.1. The molecule has 10 nitrogen and oxygen atoms in total. The highest BCUT2D eigenvalue weighted by molar-refractivity contribution is 6.32. The van der Waals surface area contributed by atoms with Crippen LogP contribution in [0, 0.1) is 5.82 Å². The molecule has 0 radical (unpaired) electrons. The second-order valence-electron chi connectivity index (χ2n) is 14.3. The van der Waals surface area contributed by atoms with E-state index in [1.807, 2.05) is 24.3 Å². The van der Waals surface area contributed by atoms with Crippen molar-refractivity contribution in [1.29, 1.82) is 0 Å². The van der Waals surface area contributed by atoms with Crippen LogP contribution in [0.15, 0.2) is 36.1 Å². The monoisotopic (exact) mass is 676 g/mol. The topological polar surface area (TPSA) is 103 Å². The fraction of sp³-hybridized carbons (Fsp3) is 0.528. The fourth-order valence-corrected chi connectivity index (χ4v) is 9.15. The van der Waals surface area contributed by atoms with Crippen LogP contribution >= 0.6 is 11.6 Å². The molecule has 2 aromatic carbocycles. The number of aromatic nitrogens is 2. The third-order valence-corrected chi connectivity index (χ3v) is 11.4. The minimum atomic E-state index is -0.511. The van der Waals surface area contributed by atoms with Gasteiger partial charge in [0, 0.05) is 73.6 Å². The first-order valence-electron chi connectivity index (χ1n) is 17.1. The summed E-state index contributed by atoms with van der Waals surface area (Å²) in [6, 6.07) is 10.4. The van der Waals surface area contributed by atoms with E-state index in [-0.39, 0.29) is 41.4 Å². The maximum absolute atomic E-state index is 17.0. The minimum absolute atomic E-state index is 0.121. The predicted molar refractivity (Wildman–Crippen MR) is 182 cm³/mol. The molecule has 1 amide bonds. The zero-order valence-corrected chi connectivity index (χ0v) is 28.2. The van der Waals surface area contributed by atoms with Crippen molar-refractivity contribution in [2.45, 2.75) is 74.5 Å². The molecule has 2 bridgehead atoms. The van der Waals surface area contributed by atoms with E-state index in [1.54, 1.807) is 26.2 Å². The Labute approximate surface area is 284 Å². The van der Waals surface area contributed by atoms with Gasteiger partial charge in [-0.2, -0.15) is 9.97 Å². The molecule has 5 heterocycles. The van der Waals surface area contributed by atoms with Crippen molar-refractivity contribution in [2.24, 2.45) is 0 Å². The van der Waals surface area contributed by atoms with Gasteiger partial charge in [0.25, 0.3) is 0 Å². The number of aliphatic hydroxyl groups is 1. The van der Waals surface area contributed by atoms with Crippen molar-refractivity contribution < 1.29 is 23.8 Å². The Morgan fingerprint density at radius 2 is 1.96 bits per heavy atom. The maximum atomic E-state index is 17.0. The van der Waals surface area contributed by atoms with E-state index in [9.17, 15) is 9.90 Å². The number of nitrogens with one attached hydrogen (secondary N) is 1. The molecule has 8 rings (SSSR count). The Bertz CT molecular complexity index is 1780. The van der Waals surface area contributed by atoms with Gasteiger partial charge in [-0.15, -0.1) is 0 Å². The summed E-state index contributed by atoms with van der Waals surface area (Å²) in [4.78, 5) is 27.9. The molecule has 0 saturated carbocycles. The van der Waals surface area contributed by atoms with Gasteiger partial charge in [0.1, 0.15) is 24.5 Å². The van der Waals surface area contributed by atoms with Crippen LogP contribution < -0.4 is 15.0 Å². The number of rotatable bonds is 7. The number of carbonyl (C=O) groups is 1. The number of nitrogens with zero attached hydrogens (tertiary/aromatic N) is 5.